The predicted molar refractivity (Wildman–Crippen MR) is 68.2 cm³/mol. The van der Waals surface area contributed by atoms with Gasteiger partial charge in [-0.25, -0.2) is 0 Å². The largest absolute Gasteiger partial charge is 0.507 e. The predicted octanol–water partition coefficient (Wildman–Crippen LogP) is 1.68. The zero-order valence-electron chi connectivity index (χ0n) is 10.5. The Morgan fingerprint density at radius 2 is 2.00 bits per heavy atom. The summed E-state index contributed by atoms with van der Waals surface area (Å²) in [7, 11) is 1.86. The summed E-state index contributed by atoms with van der Waals surface area (Å²) in [6.45, 7) is 2.52. The van der Waals surface area contributed by atoms with Crippen molar-refractivity contribution in [1.82, 2.24) is 15.1 Å². The molecule has 1 heterocycles. The first kappa shape index (κ1) is 12.4. The second kappa shape index (κ2) is 5.10. The van der Waals surface area contributed by atoms with Crippen molar-refractivity contribution in [3.8, 4) is 11.5 Å². The minimum absolute atomic E-state index is 0.0983. The van der Waals surface area contributed by atoms with Crippen LogP contribution in [0.25, 0.3) is 0 Å². The van der Waals surface area contributed by atoms with Crippen LogP contribution in [0.1, 0.15) is 24.1 Å². The van der Waals surface area contributed by atoms with Crippen molar-refractivity contribution in [1.29, 1.82) is 0 Å². The number of hydrogen-bond acceptors (Lipinski definition) is 4. The van der Waals surface area contributed by atoms with Crippen LogP contribution in [-0.2, 0) is 13.6 Å². The summed E-state index contributed by atoms with van der Waals surface area (Å²) in [5.74, 6) is 0.197. The summed E-state index contributed by atoms with van der Waals surface area (Å²) in [6.07, 6.45) is 3.70. The highest BCUT2D eigenvalue weighted by Gasteiger charge is 2.14. The third kappa shape index (κ3) is 2.62. The lowest BCUT2D eigenvalue weighted by Crippen LogP contribution is -2.18. The number of aromatic hydroxyl groups is 2. The van der Waals surface area contributed by atoms with Crippen LogP contribution in [0.4, 0.5) is 0 Å². The second-order valence-electron chi connectivity index (χ2n) is 4.33. The lowest BCUT2D eigenvalue weighted by molar-refractivity contribution is 0.418. The monoisotopic (exact) mass is 247 g/mol. The van der Waals surface area contributed by atoms with Gasteiger partial charge in [-0.05, 0) is 19.1 Å². The first-order valence-electron chi connectivity index (χ1n) is 5.79. The SMILES string of the molecule is CC(NCc1cnn(C)c1)c1c(O)cccc1O. The number of phenols is 2. The highest BCUT2D eigenvalue weighted by molar-refractivity contribution is 5.44. The fraction of sp³-hybridized carbons (Fsp3) is 0.308. The van der Waals surface area contributed by atoms with Crippen LogP contribution in [0.5, 0.6) is 11.5 Å². The zero-order chi connectivity index (χ0) is 13.1. The van der Waals surface area contributed by atoms with Crippen molar-refractivity contribution in [3.63, 3.8) is 0 Å². The number of phenolic OH excluding ortho intramolecular Hbond substituents is 2. The Bertz CT molecular complexity index is 517. The molecule has 3 N–H and O–H groups in total. The van der Waals surface area contributed by atoms with Crippen LogP contribution in [0, 0.1) is 0 Å². The minimum atomic E-state index is -0.147. The molecule has 1 aromatic carbocycles. The van der Waals surface area contributed by atoms with Gasteiger partial charge in [-0.3, -0.25) is 4.68 Å². The Labute approximate surface area is 106 Å². The Hall–Kier alpha value is -2.01. The highest BCUT2D eigenvalue weighted by Crippen LogP contribution is 2.32. The smallest absolute Gasteiger partial charge is 0.124 e. The van der Waals surface area contributed by atoms with Crippen molar-refractivity contribution >= 4 is 0 Å². The quantitative estimate of drug-likeness (QED) is 0.768. The van der Waals surface area contributed by atoms with Crippen molar-refractivity contribution < 1.29 is 10.2 Å². The molecule has 1 aromatic heterocycles. The highest BCUT2D eigenvalue weighted by atomic mass is 16.3. The van der Waals surface area contributed by atoms with Crippen LogP contribution in [0.15, 0.2) is 30.6 Å². The Morgan fingerprint density at radius 1 is 1.33 bits per heavy atom. The van der Waals surface area contributed by atoms with E-state index in [-0.39, 0.29) is 17.5 Å². The van der Waals surface area contributed by atoms with Gasteiger partial charge in [0.15, 0.2) is 0 Å². The van der Waals surface area contributed by atoms with Crippen LogP contribution < -0.4 is 5.32 Å². The summed E-state index contributed by atoms with van der Waals surface area (Å²) in [5.41, 5.74) is 1.57. The summed E-state index contributed by atoms with van der Waals surface area (Å²) in [6, 6.07) is 4.60. The second-order valence-corrected chi connectivity index (χ2v) is 4.33. The molecule has 2 aromatic rings. The zero-order valence-corrected chi connectivity index (χ0v) is 10.5. The van der Waals surface area contributed by atoms with Gasteiger partial charge in [-0.15, -0.1) is 0 Å². The van der Waals surface area contributed by atoms with Gasteiger partial charge in [-0.1, -0.05) is 6.07 Å². The topological polar surface area (TPSA) is 70.3 Å². The molecule has 2 rings (SSSR count). The molecule has 18 heavy (non-hydrogen) atoms. The Balaban J connectivity index is 2.06. The number of aryl methyl sites for hydroxylation is 1. The van der Waals surface area contributed by atoms with E-state index in [2.05, 4.69) is 10.4 Å². The average Bonchev–Trinajstić information content (AvgIpc) is 2.72. The van der Waals surface area contributed by atoms with Crippen LogP contribution in [-0.4, -0.2) is 20.0 Å². The van der Waals surface area contributed by atoms with Crippen molar-refractivity contribution in [2.45, 2.75) is 19.5 Å². The molecule has 0 radical (unpaired) electrons. The lowest BCUT2D eigenvalue weighted by atomic mass is 10.1. The molecular weight excluding hydrogens is 230 g/mol. The molecule has 0 amide bonds. The average molecular weight is 247 g/mol. The minimum Gasteiger partial charge on any atom is -0.507 e. The molecule has 0 bridgehead atoms. The summed E-state index contributed by atoms with van der Waals surface area (Å²) >= 11 is 0. The summed E-state index contributed by atoms with van der Waals surface area (Å²) in [5, 5.41) is 26.8. The number of nitrogens with one attached hydrogen (secondary N) is 1. The molecule has 5 nitrogen and oxygen atoms in total. The van der Waals surface area contributed by atoms with Gasteiger partial charge in [0, 0.05) is 31.4 Å². The van der Waals surface area contributed by atoms with Crippen LogP contribution in [0.3, 0.4) is 0 Å². The van der Waals surface area contributed by atoms with E-state index in [0.29, 0.717) is 12.1 Å². The van der Waals surface area contributed by atoms with Crippen molar-refractivity contribution in [3.05, 3.63) is 41.7 Å². The molecule has 5 heteroatoms. The third-order valence-corrected chi connectivity index (χ3v) is 2.86. The summed E-state index contributed by atoms with van der Waals surface area (Å²) in [4.78, 5) is 0. The Morgan fingerprint density at radius 3 is 2.56 bits per heavy atom. The van der Waals surface area contributed by atoms with Gasteiger partial charge >= 0.3 is 0 Å². The maximum atomic E-state index is 9.75. The van der Waals surface area contributed by atoms with E-state index in [1.807, 2.05) is 20.2 Å². The van der Waals surface area contributed by atoms with Gasteiger partial charge in [0.1, 0.15) is 11.5 Å². The van der Waals surface area contributed by atoms with Crippen LogP contribution in [0.2, 0.25) is 0 Å². The molecule has 96 valence electrons. The molecule has 0 saturated carbocycles. The van der Waals surface area contributed by atoms with E-state index in [1.165, 1.54) is 0 Å². The van der Waals surface area contributed by atoms with E-state index >= 15 is 0 Å². The molecule has 0 saturated heterocycles. The molecule has 1 atom stereocenters. The van der Waals surface area contributed by atoms with Crippen molar-refractivity contribution in [2.75, 3.05) is 0 Å². The van der Waals surface area contributed by atoms with E-state index in [9.17, 15) is 10.2 Å². The fourth-order valence-electron chi connectivity index (χ4n) is 1.92. The number of benzene rings is 1. The number of nitrogens with zero attached hydrogens (tertiary/aromatic N) is 2. The van der Waals surface area contributed by atoms with Crippen molar-refractivity contribution in [2.24, 2.45) is 7.05 Å². The van der Waals surface area contributed by atoms with Gasteiger partial charge in [0.2, 0.25) is 0 Å². The normalized spacial score (nSPS) is 12.6. The maximum Gasteiger partial charge on any atom is 0.124 e. The van der Waals surface area contributed by atoms with E-state index in [0.717, 1.165) is 5.56 Å². The standard InChI is InChI=1S/C13H17N3O2/c1-9(13-11(17)4-3-5-12(13)18)14-6-10-7-15-16(2)8-10/h3-5,7-9,14,17-18H,6H2,1-2H3. The molecule has 0 aliphatic rings. The van der Waals surface area contributed by atoms with E-state index < -0.39 is 0 Å². The molecule has 1 unspecified atom stereocenters. The van der Waals surface area contributed by atoms with Gasteiger partial charge < -0.3 is 15.5 Å². The van der Waals surface area contributed by atoms with Crippen LogP contribution >= 0.6 is 0 Å². The van der Waals surface area contributed by atoms with Gasteiger partial charge in [0.25, 0.3) is 0 Å². The van der Waals surface area contributed by atoms with E-state index in [1.54, 1.807) is 29.1 Å². The first-order chi connectivity index (χ1) is 8.58. The van der Waals surface area contributed by atoms with Gasteiger partial charge in [0.05, 0.1) is 11.8 Å². The van der Waals surface area contributed by atoms with Gasteiger partial charge in [-0.2, -0.15) is 5.10 Å². The fourth-order valence-corrected chi connectivity index (χ4v) is 1.92. The number of hydrogen-bond donors (Lipinski definition) is 3. The van der Waals surface area contributed by atoms with E-state index in [4.69, 9.17) is 0 Å². The number of rotatable bonds is 4. The molecule has 0 aliphatic carbocycles. The Kier molecular flexibility index (Phi) is 3.53. The third-order valence-electron chi connectivity index (χ3n) is 2.86. The first-order valence-corrected chi connectivity index (χ1v) is 5.79. The maximum absolute atomic E-state index is 9.75. The lowest BCUT2D eigenvalue weighted by Gasteiger charge is -2.16. The molecule has 0 aliphatic heterocycles. The molecule has 0 fully saturated rings. The molecule has 0 spiro atoms. The molecular formula is C13H17N3O2. The number of aromatic nitrogens is 2. The summed E-state index contributed by atoms with van der Waals surface area (Å²) < 4.78 is 1.74.